The highest BCUT2D eigenvalue weighted by atomic mass is 15.2. The zero-order valence-corrected chi connectivity index (χ0v) is 11.4. The highest BCUT2D eigenvalue weighted by Crippen LogP contribution is 2.42. The van der Waals surface area contributed by atoms with Gasteiger partial charge in [0.2, 0.25) is 5.95 Å². The minimum atomic E-state index is 0.705. The van der Waals surface area contributed by atoms with Gasteiger partial charge >= 0.3 is 0 Å². The van der Waals surface area contributed by atoms with Crippen molar-refractivity contribution in [2.45, 2.75) is 45.6 Å². The van der Waals surface area contributed by atoms with Crippen molar-refractivity contribution >= 4 is 5.95 Å². The highest BCUT2D eigenvalue weighted by Gasteiger charge is 2.31. The fraction of sp³-hybridized carbons (Fsp3) is 0.714. The third kappa shape index (κ3) is 2.09. The number of fused-ring (bicyclic) bond motifs is 1. The van der Waals surface area contributed by atoms with Crippen LogP contribution in [0, 0.1) is 0 Å². The van der Waals surface area contributed by atoms with Crippen LogP contribution in [-0.4, -0.2) is 29.6 Å². The lowest BCUT2D eigenvalue weighted by molar-refractivity contribution is 0.613. The van der Waals surface area contributed by atoms with Gasteiger partial charge in [0.05, 0.1) is 11.4 Å². The second-order valence-corrected chi connectivity index (χ2v) is 5.21. The van der Waals surface area contributed by atoms with E-state index in [4.69, 9.17) is 9.97 Å². The molecular weight excluding hydrogens is 224 g/mol. The Morgan fingerprint density at radius 1 is 1.22 bits per heavy atom. The quantitative estimate of drug-likeness (QED) is 0.880. The molecule has 1 N–H and O–H groups in total. The van der Waals surface area contributed by atoms with Gasteiger partial charge in [-0.15, -0.1) is 0 Å². The minimum absolute atomic E-state index is 0.705. The summed E-state index contributed by atoms with van der Waals surface area (Å²) in [6.07, 6.45) is 3.66. The van der Waals surface area contributed by atoms with Crippen LogP contribution in [0.4, 0.5) is 5.95 Å². The van der Waals surface area contributed by atoms with E-state index in [0.29, 0.717) is 5.92 Å². The van der Waals surface area contributed by atoms with E-state index in [1.165, 1.54) is 29.8 Å². The maximum absolute atomic E-state index is 4.86. The lowest BCUT2D eigenvalue weighted by Crippen LogP contribution is -2.30. The lowest BCUT2D eigenvalue weighted by Gasteiger charge is -2.24. The van der Waals surface area contributed by atoms with Crippen LogP contribution in [0.1, 0.15) is 49.6 Å². The van der Waals surface area contributed by atoms with E-state index in [2.05, 4.69) is 24.1 Å². The van der Waals surface area contributed by atoms with E-state index in [9.17, 15) is 0 Å². The molecule has 98 valence electrons. The van der Waals surface area contributed by atoms with Crippen LogP contribution in [0.2, 0.25) is 0 Å². The average molecular weight is 246 g/mol. The van der Waals surface area contributed by atoms with Crippen LogP contribution in [-0.2, 0) is 13.0 Å². The molecule has 0 saturated heterocycles. The Kier molecular flexibility index (Phi) is 3.20. The number of hydrogen-bond donors (Lipinski definition) is 1. The summed E-state index contributed by atoms with van der Waals surface area (Å²) in [5.74, 6) is 1.65. The van der Waals surface area contributed by atoms with Crippen LogP contribution in [0.3, 0.4) is 0 Å². The Morgan fingerprint density at radius 2 is 2.00 bits per heavy atom. The molecule has 1 fully saturated rings. The topological polar surface area (TPSA) is 41.1 Å². The normalized spacial score (nSPS) is 18.6. The second-order valence-electron chi connectivity index (χ2n) is 5.21. The van der Waals surface area contributed by atoms with Crippen molar-refractivity contribution < 1.29 is 0 Å². The molecule has 0 aromatic carbocycles. The van der Waals surface area contributed by atoms with Gasteiger partial charge in [-0.25, -0.2) is 9.97 Å². The molecule has 2 heterocycles. The van der Waals surface area contributed by atoms with Crippen molar-refractivity contribution in [2.24, 2.45) is 0 Å². The van der Waals surface area contributed by atoms with Gasteiger partial charge in [-0.3, -0.25) is 0 Å². The summed E-state index contributed by atoms with van der Waals surface area (Å²) in [5, 5.41) is 3.45. The first-order valence-corrected chi connectivity index (χ1v) is 7.18. The van der Waals surface area contributed by atoms with E-state index < -0.39 is 0 Å². The highest BCUT2D eigenvalue weighted by molar-refractivity contribution is 5.40. The van der Waals surface area contributed by atoms with Crippen molar-refractivity contribution in [3.8, 4) is 0 Å². The first-order valence-electron chi connectivity index (χ1n) is 7.18. The van der Waals surface area contributed by atoms with Gasteiger partial charge in [0.25, 0.3) is 0 Å². The Labute approximate surface area is 109 Å². The molecule has 0 atom stereocenters. The zero-order valence-electron chi connectivity index (χ0n) is 11.4. The molecule has 1 aliphatic heterocycles. The largest absolute Gasteiger partial charge is 0.341 e. The van der Waals surface area contributed by atoms with Crippen molar-refractivity contribution in [1.82, 2.24) is 15.3 Å². The standard InChI is InChI=1S/C14H22N4/c1-3-18(4-2)14-16-12-7-8-15-9-11(12)13(17-14)10-5-6-10/h10,15H,3-9H2,1-2H3. The van der Waals surface area contributed by atoms with Gasteiger partial charge in [-0.05, 0) is 26.7 Å². The third-order valence-electron chi connectivity index (χ3n) is 3.96. The summed E-state index contributed by atoms with van der Waals surface area (Å²) < 4.78 is 0. The SMILES string of the molecule is CCN(CC)c1nc2c(c(C3CC3)n1)CNCC2. The van der Waals surface area contributed by atoms with Crippen molar-refractivity contribution in [2.75, 3.05) is 24.5 Å². The molecule has 0 unspecified atom stereocenters. The van der Waals surface area contributed by atoms with Crippen LogP contribution < -0.4 is 10.2 Å². The fourth-order valence-corrected chi connectivity index (χ4v) is 2.70. The van der Waals surface area contributed by atoms with Crippen molar-refractivity contribution in [3.05, 3.63) is 17.0 Å². The van der Waals surface area contributed by atoms with Gasteiger partial charge in [-0.2, -0.15) is 0 Å². The molecule has 0 spiro atoms. The second kappa shape index (κ2) is 4.84. The predicted molar refractivity (Wildman–Crippen MR) is 73.0 cm³/mol. The van der Waals surface area contributed by atoms with Gasteiger partial charge in [-0.1, -0.05) is 0 Å². The summed E-state index contributed by atoms with van der Waals surface area (Å²) in [7, 11) is 0. The molecule has 1 saturated carbocycles. The van der Waals surface area contributed by atoms with Gasteiger partial charge in [0.15, 0.2) is 0 Å². The Hall–Kier alpha value is -1.16. The molecule has 4 heteroatoms. The monoisotopic (exact) mass is 246 g/mol. The maximum atomic E-state index is 4.86. The summed E-state index contributed by atoms with van der Waals surface area (Å²) in [4.78, 5) is 11.9. The average Bonchev–Trinajstić information content (AvgIpc) is 3.23. The van der Waals surface area contributed by atoms with Gasteiger partial charge < -0.3 is 10.2 Å². The number of aromatic nitrogens is 2. The molecule has 1 aromatic heterocycles. The van der Waals surface area contributed by atoms with Gasteiger partial charge in [0.1, 0.15) is 0 Å². The van der Waals surface area contributed by atoms with Crippen LogP contribution >= 0.6 is 0 Å². The smallest absolute Gasteiger partial charge is 0.225 e. The number of nitrogens with zero attached hydrogens (tertiary/aromatic N) is 3. The first-order chi connectivity index (χ1) is 8.83. The summed E-state index contributed by atoms with van der Waals surface area (Å²) in [5.41, 5.74) is 4.00. The van der Waals surface area contributed by atoms with E-state index in [1.54, 1.807) is 0 Å². The molecule has 0 radical (unpaired) electrons. The first kappa shape index (κ1) is 11.9. The van der Waals surface area contributed by atoms with Crippen molar-refractivity contribution in [1.29, 1.82) is 0 Å². The molecule has 3 rings (SSSR count). The van der Waals surface area contributed by atoms with E-state index in [1.807, 2.05) is 0 Å². The molecule has 1 aliphatic carbocycles. The fourth-order valence-electron chi connectivity index (χ4n) is 2.70. The summed E-state index contributed by atoms with van der Waals surface area (Å²) in [6.45, 7) is 8.32. The molecule has 1 aromatic rings. The van der Waals surface area contributed by atoms with Crippen LogP contribution in [0.5, 0.6) is 0 Å². The van der Waals surface area contributed by atoms with E-state index in [0.717, 1.165) is 38.5 Å². The van der Waals surface area contributed by atoms with Crippen LogP contribution in [0.25, 0.3) is 0 Å². The third-order valence-corrected chi connectivity index (χ3v) is 3.96. The number of nitrogens with one attached hydrogen (secondary N) is 1. The zero-order chi connectivity index (χ0) is 12.5. The van der Waals surface area contributed by atoms with Crippen molar-refractivity contribution in [3.63, 3.8) is 0 Å². The predicted octanol–water partition coefficient (Wildman–Crippen LogP) is 1.85. The maximum Gasteiger partial charge on any atom is 0.225 e. The molecule has 0 bridgehead atoms. The Bertz CT molecular complexity index is 436. The number of anilines is 1. The lowest BCUT2D eigenvalue weighted by atomic mass is 10.0. The molecular formula is C14H22N4. The van der Waals surface area contributed by atoms with E-state index >= 15 is 0 Å². The van der Waals surface area contributed by atoms with Gasteiger partial charge in [0, 0.05) is 44.1 Å². The number of hydrogen-bond acceptors (Lipinski definition) is 4. The molecule has 18 heavy (non-hydrogen) atoms. The Morgan fingerprint density at radius 3 is 2.67 bits per heavy atom. The summed E-state index contributed by atoms with van der Waals surface area (Å²) in [6, 6.07) is 0. The molecule has 0 amide bonds. The summed E-state index contributed by atoms with van der Waals surface area (Å²) >= 11 is 0. The number of rotatable bonds is 4. The van der Waals surface area contributed by atoms with E-state index in [-0.39, 0.29) is 0 Å². The minimum Gasteiger partial charge on any atom is -0.341 e. The molecule has 2 aliphatic rings. The molecule has 4 nitrogen and oxygen atoms in total. The van der Waals surface area contributed by atoms with Crippen LogP contribution in [0.15, 0.2) is 0 Å². The Balaban J connectivity index is 2.03.